The van der Waals surface area contributed by atoms with Gasteiger partial charge in [-0.1, -0.05) is 18.2 Å². The molecule has 176 valence electrons. The first-order valence-electron chi connectivity index (χ1n) is 12.6. The molecule has 2 N–H and O–H groups in total. The second-order valence-corrected chi connectivity index (χ2v) is 10.6. The third-order valence-electron chi connectivity index (χ3n) is 8.05. The average molecular weight is 463 g/mol. The average Bonchev–Trinajstić information content (AvgIpc) is 3.65. The van der Waals surface area contributed by atoms with Crippen LogP contribution in [0.25, 0.3) is 44.3 Å². The van der Waals surface area contributed by atoms with Crippen molar-refractivity contribution in [2.45, 2.75) is 19.4 Å². The summed E-state index contributed by atoms with van der Waals surface area (Å²) in [6, 6.07) is 19.6. The quantitative estimate of drug-likeness (QED) is 0.380. The standard InChI is InChI=1S/C29H30N6/c1-34-11-8-29(18-34)9-12-35(19-29)17-20-4-6-25-23(13-20)15-27(31-25)28-24-14-21(5-7-26(24)32-33-28)22-3-2-10-30-16-22/h2-7,10,13-16,31H,8-9,11-12,17-19H2,1H3,(H,32,33). The van der Waals surface area contributed by atoms with E-state index in [1.165, 1.54) is 50.0 Å². The van der Waals surface area contributed by atoms with Crippen molar-refractivity contribution in [2.75, 3.05) is 33.2 Å². The normalized spacial score (nSPS) is 21.2. The van der Waals surface area contributed by atoms with Gasteiger partial charge in [0.1, 0.15) is 5.69 Å². The summed E-state index contributed by atoms with van der Waals surface area (Å²) in [5.41, 5.74) is 8.34. The van der Waals surface area contributed by atoms with Crippen LogP contribution in [0, 0.1) is 5.41 Å². The van der Waals surface area contributed by atoms with Crippen molar-refractivity contribution in [3.05, 3.63) is 72.6 Å². The van der Waals surface area contributed by atoms with Crippen molar-refractivity contribution in [1.29, 1.82) is 0 Å². The molecule has 6 heteroatoms. The van der Waals surface area contributed by atoms with E-state index in [1.807, 2.05) is 12.3 Å². The first kappa shape index (κ1) is 20.9. The molecule has 7 rings (SSSR count). The summed E-state index contributed by atoms with van der Waals surface area (Å²) in [5.74, 6) is 0. The number of nitrogens with one attached hydrogen (secondary N) is 2. The zero-order valence-electron chi connectivity index (χ0n) is 20.1. The summed E-state index contributed by atoms with van der Waals surface area (Å²) in [7, 11) is 2.26. The summed E-state index contributed by atoms with van der Waals surface area (Å²) < 4.78 is 0. The van der Waals surface area contributed by atoms with Gasteiger partial charge in [-0.15, -0.1) is 0 Å². The van der Waals surface area contributed by atoms with E-state index in [0.717, 1.165) is 45.5 Å². The molecule has 5 heterocycles. The highest BCUT2D eigenvalue weighted by molar-refractivity contribution is 5.97. The number of aromatic amines is 2. The summed E-state index contributed by atoms with van der Waals surface area (Å²) in [5, 5.41) is 10.2. The van der Waals surface area contributed by atoms with Gasteiger partial charge in [0.05, 0.1) is 11.2 Å². The summed E-state index contributed by atoms with van der Waals surface area (Å²) in [6.07, 6.45) is 6.39. The van der Waals surface area contributed by atoms with Gasteiger partial charge in [-0.05, 0) is 85.9 Å². The molecule has 2 aliphatic heterocycles. The first-order valence-corrected chi connectivity index (χ1v) is 12.6. The van der Waals surface area contributed by atoms with Gasteiger partial charge >= 0.3 is 0 Å². The zero-order valence-corrected chi connectivity index (χ0v) is 20.1. The molecule has 0 bridgehead atoms. The van der Waals surface area contributed by atoms with Gasteiger partial charge in [0.2, 0.25) is 0 Å². The van der Waals surface area contributed by atoms with Gasteiger partial charge in [0.15, 0.2) is 0 Å². The van der Waals surface area contributed by atoms with Crippen molar-refractivity contribution in [1.82, 2.24) is 30.0 Å². The lowest BCUT2D eigenvalue weighted by atomic mass is 9.86. The summed E-state index contributed by atoms with van der Waals surface area (Å²) >= 11 is 0. The molecule has 0 amide bonds. The zero-order chi connectivity index (χ0) is 23.4. The third-order valence-corrected chi connectivity index (χ3v) is 8.05. The van der Waals surface area contributed by atoms with Crippen LogP contribution in [0.3, 0.4) is 0 Å². The maximum absolute atomic E-state index is 4.66. The fourth-order valence-electron chi connectivity index (χ4n) is 6.25. The van der Waals surface area contributed by atoms with Crippen molar-refractivity contribution in [3.63, 3.8) is 0 Å². The fourth-order valence-corrected chi connectivity index (χ4v) is 6.25. The first-order chi connectivity index (χ1) is 17.1. The molecular formula is C29H30N6. The smallest absolute Gasteiger partial charge is 0.116 e. The minimum Gasteiger partial charge on any atom is -0.353 e. The Bertz CT molecular complexity index is 1520. The molecule has 35 heavy (non-hydrogen) atoms. The largest absolute Gasteiger partial charge is 0.353 e. The third kappa shape index (κ3) is 3.74. The molecule has 1 spiro atoms. The molecule has 5 aromatic rings. The molecule has 2 fully saturated rings. The minimum atomic E-state index is 0.524. The van der Waals surface area contributed by atoms with Gasteiger partial charge in [-0.25, -0.2) is 0 Å². The number of pyridine rings is 1. The van der Waals surface area contributed by atoms with E-state index in [-0.39, 0.29) is 0 Å². The monoisotopic (exact) mass is 462 g/mol. The maximum atomic E-state index is 4.66. The topological polar surface area (TPSA) is 63.8 Å². The number of nitrogens with zero attached hydrogens (tertiary/aromatic N) is 4. The Morgan fingerprint density at radius 2 is 1.86 bits per heavy atom. The van der Waals surface area contributed by atoms with Crippen LogP contribution < -0.4 is 0 Å². The molecule has 0 radical (unpaired) electrons. The van der Waals surface area contributed by atoms with Gasteiger partial charge in [0.25, 0.3) is 0 Å². The number of likely N-dealkylation sites (tertiary alicyclic amines) is 2. The number of aromatic nitrogens is 4. The van der Waals surface area contributed by atoms with Gasteiger partial charge < -0.3 is 9.88 Å². The second-order valence-electron chi connectivity index (χ2n) is 10.6. The van der Waals surface area contributed by atoms with Gasteiger partial charge in [-0.3, -0.25) is 15.0 Å². The number of benzene rings is 2. The summed E-state index contributed by atoms with van der Waals surface area (Å²) in [6.45, 7) is 5.97. The molecule has 2 aromatic carbocycles. The van der Waals surface area contributed by atoms with E-state index in [9.17, 15) is 0 Å². The number of hydrogen-bond donors (Lipinski definition) is 2. The number of H-pyrrole nitrogens is 2. The van der Waals surface area contributed by atoms with Gasteiger partial charge in [-0.2, -0.15) is 5.10 Å². The molecule has 0 saturated carbocycles. The lowest BCUT2D eigenvalue weighted by Gasteiger charge is -2.24. The van der Waals surface area contributed by atoms with E-state index in [2.05, 4.69) is 85.5 Å². The highest BCUT2D eigenvalue weighted by atomic mass is 15.2. The van der Waals surface area contributed by atoms with E-state index in [4.69, 9.17) is 0 Å². The predicted octanol–water partition coefficient (Wildman–Crippen LogP) is 5.30. The van der Waals surface area contributed by atoms with Crippen LogP contribution in [0.5, 0.6) is 0 Å². The van der Waals surface area contributed by atoms with Gasteiger partial charge in [0, 0.05) is 53.9 Å². The van der Waals surface area contributed by atoms with Crippen LogP contribution >= 0.6 is 0 Å². The molecule has 1 unspecified atom stereocenters. The van der Waals surface area contributed by atoms with Crippen LogP contribution in [0.1, 0.15) is 18.4 Å². The molecule has 2 aliphatic rings. The van der Waals surface area contributed by atoms with Crippen LogP contribution in [0.15, 0.2) is 67.0 Å². The van der Waals surface area contributed by atoms with Crippen LogP contribution in [0.4, 0.5) is 0 Å². The maximum Gasteiger partial charge on any atom is 0.116 e. The summed E-state index contributed by atoms with van der Waals surface area (Å²) in [4.78, 5) is 13.0. The van der Waals surface area contributed by atoms with E-state index in [0.29, 0.717) is 5.41 Å². The fraction of sp³-hybridized carbons (Fsp3) is 0.310. The predicted molar refractivity (Wildman–Crippen MR) is 141 cm³/mol. The lowest BCUT2D eigenvalue weighted by molar-refractivity contribution is 0.250. The Morgan fingerprint density at radius 1 is 0.943 bits per heavy atom. The van der Waals surface area contributed by atoms with Crippen molar-refractivity contribution < 1.29 is 0 Å². The van der Waals surface area contributed by atoms with Crippen molar-refractivity contribution >= 4 is 21.8 Å². The van der Waals surface area contributed by atoms with Crippen LogP contribution in [0.2, 0.25) is 0 Å². The highest BCUT2D eigenvalue weighted by Gasteiger charge is 2.42. The van der Waals surface area contributed by atoms with E-state index >= 15 is 0 Å². The van der Waals surface area contributed by atoms with Crippen molar-refractivity contribution in [2.24, 2.45) is 5.41 Å². The molecule has 2 saturated heterocycles. The Hall–Kier alpha value is -3.48. The Morgan fingerprint density at radius 3 is 2.71 bits per heavy atom. The number of rotatable bonds is 4. The molecular weight excluding hydrogens is 432 g/mol. The molecule has 6 nitrogen and oxygen atoms in total. The highest BCUT2D eigenvalue weighted by Crippen LogP contribution is 2.39. The van der Waals surface area contributed by atoms with E-state index in [1.54, 1.807) is 6.20 Å². The van der Waals surface area contributed by atoms with Crippen LogP contribution in [-0.4, -0.2) is 63.2 Å². The lowest BCUT2D eigenvalue weighted by Crippen LogP contribution is -2.29. The van der Waals surface area contributed by atoms with Crippen molar-refractivity contribution in [3.8, 4) is 22.5 Å². The van der Waals surface area contributed by atoms with E-state index < -0.39 is 0 Å². The second kappa shape index (κ2) is 8.04. The molecule has 3 aromatic heterocycles. The molecule has 0 aliphatic carbocycles. The Kier molecular flexibility index (Phi) is 4.79. The SMILES string of the molecule is CN1CCC2(CCN(Cc3ccc4[nH]c(-c5n[nH]c6ccc(-c7cccnc7)cc56)cc4c3)C2)C1. The molecule has 1 atom stereocenters. The Labute approximate surface area is 205 Å². The number of hydrogen-bond acceptors (Lipinski definition) is 4. The van der Waals surface area contributed by atoms with Crippen LogP contribution in [-0.2, 0) is 6.54 Å². The Balaban J connectivity index is 1.17. The number of fused-ring (bicyclic) bond motifs is 2. The minimum absolute atomic E-state index is 0.524.